The second-order valence-corrected chi connectivity index (χ2v) is 10.0. The molecule has 3 aliphatic rings. The van der Waals surface area contributed by atoms with Gasteiger partial charge in [0.1, 0.15) is 0 Å². The summed E-state index contributed by atoms with van der Waals surface area (Å²) in [6.07, 6.45) is 6.91. The fourth-order valence-electron chi connectivity index (χ4n) is 6.14. The maximum Gasteiger partial charge on any atom is 0.222 e. The van der Waals surface area contributed by atoms with E-state index in [-0.39, 0.29) is 28.7 Å². The van der Waals surface area contributed by atoms with E-state index in [4.69, 9.17) is 0 Å². The molecule has 3 rings (SSSR count). The molecular weight excluding hydrogens is 328 g/mol. The Morgan fingerprint density at radius 1 is 1.12 bits per heavy atom. The van der Waals surface area contributed by atoms with Crippen LogP contribution >= 0.6 is 0 Å². The molecule has 2 saturated carbocycles. The summed E-state index contributed by atoms with van der Waals surface area (Å²) in [5.41, 5.74) is -0.670. The Hall–Kier alpha value is -1.10. The fraction of sp³-hybridized carbons (Fsp3) is 0.905. The van der Waals surface area contributed by atoms with E-state index >= 15 is 0 Å². The van der Waals surface area contributed by atoms with Gasteiger partial charge in [0, 0.05) is 32.5 Å². The lowest BCUT2D eigenvalue weighted by Gasteiger charge is -2.51. The predicted molar refractivity (Wildman–Crippen MR) is 101 cm³/mol. The van der Waals surface area contributed by atoms with Gasteiger partial charge in [0.15, 0.2) is 0 Å². The largest absolute Gasteiger partial charge is 0.390 e. The molecule has 0 bridgehead atoms. The van der Waals surface area contributed by atoms with Gasteiger partial charge in [-0.15, -0.1) is 0 Å². The molecule has 1 saturated heterocycles. The smallest absolute Gasteiger partial charge is 0.222 e. The molecule has 2 amide bonds. The van der Waals surface area contributed by atoms with E-state index in [2.05, 4.69) is 19.2 Å². The molecule has 4 atom stereocenters. The quantitative estimate of drug-likeness (QED) is 0.806. The van der Waals surface area contributed by atoms with Crippen molar-refractivity contribution in [3.63, 3.8) is 0 Å². The standard InChI is InChI=1S/C21H36N2O3/c1-15(24)22-17-14-19(2,3)16-13-20(4,26)9-10-21(16,17)8-7-18(25)23-11-5-6-12-23/h16-17,26H,5-14H2,1-4H3,(H,22,24). The van der Waals surface area contributed by atoms with Crippen LogP contribution in [-0.4, -0.2) is 46.6 Å². The van der Waals surface area contributed by atoms with E-state index in [1.54, 1.807) is 6.92 Å². The van der Waals surface area contributed by atoms with Gasteiger partial charge in [0.25, 0.3) is 0 Å². The number of amides is 2. The Morgan fingerprint density at radius 3 is 2.38 bits per heavy atom. The number of hydrogen-bond acceptors (Lipinski definition) is 3. The summed E-state index contributed by atoms with van der Waals surface area (Å²) in [5.74, 6) is 0.593. The first-order valence-electron chi connectivity index (χ1n) is 10.3. The van der Waals surface area contributed by atoms with E-state index in [9.17, 15) is 14.7 Å². The topological polar surface area (TPSA) is 69.6 Å². The van der Waals surface area contributed by atoms with Crippen molar-refractivity contribution in [2.24, 2.45) is 16.7 Å². The zero-order valence-corrected chi connectivity index (χ0v) is 16.9. The van der Waals surface area contributed by atoms with Crippen LogP contribution in [0.3, 0.4) is 0 Å². The molecule has 0 aromatic heterocycles. The molecular formula is C21H36N2O3. The van der Waals surface area contributed by atoms with Crippen molar-refractivity contribution in [2.45, 2.75) is 90.7 Å². The summed E-state index contributed by atoms with van der Waals surface area (Å²) in [6, 6.07) is 0.0995. The third-order valence-electron chi connectivity index (χ3n) is 7.47. The molecule has 26 heavy (non-hydrogen) atoms. The summed E-state index contributed by atoms with van der Waals surface area (Å²) in [6.45, 7) is 9.83. The lowest BCUT2D eigenvalue weighted by atomic mass is 9.57. The molecule has 4 unspecified atom stereocenters. The highest BCUT2D eigenvalue weighted by Crippen LogP contribution is 2.63. The Kier molecular flexibility index (Phi) is 5.15. The molecule has 1 aliphatic heterocycles. The summed E-state index contributed by atoms with van der Waals surface area (Å²) in [4.78, 5) is 26.5. The maximum absolute atomic E-state index is 12.7. The van der Waals surface area contributed by atoms with Crippen LogP contribution in [0.1, 0.15) is 79.1 Å². The van der Waals surface area contributed by atoms with Crippen LogP contribution in [0.25, 0.3) is 0 Å². The Morgan fingerprint density at radius 2 is 1.77 bits per heavy atom. The van der Waals surface area contributed by atoms with E-state index in [0.717, 1.165) is 58.0 Å². The van der Waals surface area contributed by atoms with E-state index < -0.39 is 5.60 Å². The number of carbonyl (C=O) groups excluding carboxylic acids is 2. The molecule has 0 radical (unpaired) electrons. The van der Waals surface area contributed by atoms with Crippen molar-refractivity contribution in [1.82, 2.24) is 10.2 Å². The Balaban J connectivity index is 1.83. The average molecular weight is 365 g/mol. The number of nitrogens with zero attached hydrogens (tertiary/aromatic N) is 1. The van der Waals surface area contributed by atoms with Gasteiger partial charge in [-0.1, -0.05) is 13.8 Å². The molecule has 3 fully saturated rings. The van der Waals surface area contributed by atoms with Gasteiger partial charge < -0.3 is 15.3 Å². The van der Waals surface area contributed by atoms with Crippen molar-refractivity contribution < 1.29 is 14.7 Å². The predicted octanol–water partition coefficient (Wildman–Crippen LogP) is 2.86. The van der Waals surface area contributed by atoms with Crippen molar-refractivity contribution in [3.8, 4) is 0 Å². The van der Waals surface area contributed by atoms with E-state index in [1.807, 2.05) is 11.8 Å². The third kappa shape index (κ3) is 3.64. The molecule has 2 N–H and O–H groups in total. The summed E-state index contributed by atoms with van der Waals surface area (Å²) < 4.78 is 0. The van der Waals surface area contributed by atoms with Gasteiger partial charge in [-0.05, 0) is 68.6 Å². The zero-order valence-electron chi connectivity index (χ0n) is 16.9. The minimum absolute atomic E-state index is 0.00836. The molecule has 0 spiro atoms. The number of hydrogen-bond donors (Lipinski definition) is 2. The van der Waals surface area contributed by atoms with Crippen molar-refractivity contribution in [1.29, 1.82) is 0 Å². The Labute approximate surface area is 157 Å². The van der Waals surface area contributed by atoms with Gasteiger partial charge >= 0.3 is 0 Å². The molecule has 5 nitrogen and oxygen atoms in total. The first kappa shape index (κ1) is 19.7. The lowest BCUT2D eigenvalue weighted by Crippen LogP contribution is -2.52. The highest BCUT2D eigenvalue weighted by atomic mass is 16.3. The van der Waals surface area contributed by atoms with Crippen LogP contribution in [0, 0.1) is 16.7 Å². The van der Waals surface area contributed by atoms with Gasteiger partial charge in [0.2, 0.25) is 11.8 Å². The summed E-state index contributed by atoms with van der Waals surface area (Å²) in [5, 5.41) is 13.9. The maximum atomic E-state index is 12.7. The number of nitrogens with one attached hydrogen (secondary N) is 1. The number of aliphatic hydroxyl groups is 1. The van der Waals surface area contributed by atoms with Crippen molar-refractivity contribution >= 4 is 11.8 Å². The van der Waals surface area contributed by atoms with Crippen molar-refractivity contribution in [3.05, 3.63) is 0 Å². The second kappa shape index (κ2) is 6.81. The van der Waals surface area contributed by atoms with Crippen molar-refractivity contribution in [2.75, 3.05) is 13.1 Å². The molecule has 5 heteroatoms. The number of likely N-dealkylation sites (tertiary alicyclic amines) is 1. The van der Waals surface area contributed by atoms with E-state index in [0.29, 0.717) is 12.3 Å². The molecule has 0 aromatic carbocycles. The highest BCUT2D eigenvalue weighted by Gasteiger charge is 2.61. The van der Waals surface area contributed by atoms with Gasteiger partial charge in [-0.25, -0.2) is 0 Å². The number of rotatable bonds is 4. The summed E-state index contributed by atoms with van der Waals surface area (Å²) >= 11 is 0. The third-order valence-corrected chi connectivity index (χ3v) is 7.47. The average Bonchev–Trinajstić information content (AvgIpc) is 3.12. The number of fused-ring (bicyclic) bond motifs is 1. The Bertz CT molecular complexity index is 566. The molecule has 1 heterocycles. The first-order valence-corrected chi connectivity index (χ1v) is 10.3. The SMILES string of the molecule is CC(=O)NC1CC(C)(C)C2CC(C)(O)CCC12CCC(=O)N1CCCC1. The monoisotopic (exact) mass is 364 g/mol. The van der Waals surface area contributed by atoms with Gasteiger partial charge in [-0.3, -0.25) is 9.59 Å². The molecule has 148 valence electrons. The first-order chi connectivity index (χ1) is 12.1. The lowest BCUT2D eigenvalue weighted by molar-refractivity contribution is -0.132. The zero-order chi connectivity index (χ0) is 19.2. The second-order valence-electron chi connectivity index (χ2n) is 10.0. The highest BCUT2D eigenvalue weighted by molar-refractivity contribution is 5.76. The minimum atomic E-state index is -0.643. The van der Waals surface area contributed by atoms with Gasteiger partial charge in [0.05, 0.1) is 5.60 Å². The van der Waals surface area contributed by atoms with Crippen LogP contribution in [0.2, 0.25) is 0 Å². The minimum Gasteiger partial charge on any atom is -0.390 e. The summed E-state index contributed by atoms with van der Waals surface area (Å²) in [7, 11) is 0. The normalized spacial score (nSPS) is 38.9. The van der Waals surface area contributed by atoms with Gasteiger partial charge in [-0.2, -0.15) is 0 Å². The van der Waals surface area contributed by atoms with E-state index in [1.165, 1.54) is 0 Å². The van der Waals surface area contributed by atoms with Crippen LogP contribution in [0.15, 0.2) is 0 Å². The number of carbonyl (C=O) groups is 2. The van der Waals surface area contributed by atoms with Crippen LogP contribution in [0.5, 0.6) is 0 Å². The molecule has 0 aromatic rings. The molecule has 2 aliphatic carbocycles. The van der Waals surface area contributed by atoms with Crippen LogP contribution in [-0.2, 0) is 9.59 Å². The van der Waals surface area contributed by atoms with Crippen LogP contribution in [0.4, 0.5) is 0 Å². The van der Waals surface area contributed by atoms with Crippen LogP contribution < -0.4 is 5.32 Å². The fourth-order valence-corrected chi connectivity index (χ4v) is 6.14.